The van der Waals surface area contributed by atoms with E-state index in [1.807, 2.05) is 18.4 Å². The number of halogens is 1. The van der Waals surface area contributed by atoms with Gasteiger partial charge in [-0.15, -0.1) is 35.3 Å². The van der Waals surface area contributed by atoms with Gasteiger partial charge in [-0.25, -0.2) is 0 Å². The minimum absolute atomic E-state index is 0. The fourth-order valence-corrected chi connectivity index (χ4v) is 4.10. The fourth-order valence-electron chi connectivity index (χ4n) is 3.25. The minimum Gasteiger partial charge on any atom is -0.356 e. The Labute approximate surface area is 174 Å². The van der Waals surface area contributed by atoms with Crippen LogP contribution in [-0.4, -0.2) is 50.6 Å². The fraction of sp³-hybridized carbons (Fsp3) is 0.737. The summed E-state index contributed by atoms with van der Waals surface area (Å²) < 4.78 is 0. The van der Waals surface area contributed by atoms with Crippen LogP contribution in [0.5, 0.6) is 0 Å². The summed E-state index contributed by atoms with van der Waals surface area (Å²) in [7, 11) is 1.86. The van der Waals surface area contributed by atoms with Gasteiger partial charge in [0.25, 0.3) is 0 Å². The number of thiophene rings is 1. The van der Waals surface area contributed by atoms with Gasteiger partial charge in [0.15, 0.2) is 5.96 Å². The van der Waals surface area contributed by atoms with Crippen LogP contribution < -0.4 is 10.6 Å². The zero-order chi connectivity index (χ0) is 17.4. The maximum absolute atomic E-state index is 4.39. The van der Waals surface area contributed by atoms with Crippen LogP contribution in [0.2, 0.25) is 0 Å². The molecule has 6 heteroatoms. The number of piperidine rings is 1. The van der Waals surface area contributed by atoms with Gasteiger partial charge in [0, 0.05) is 30.4 Å². The van der Waals surface area contributed by atoms with E-state index in [9.17, 15) is 0 Å². The first-order valence-corrected chi connectivity index (χ1v) is 10.1. The molecule has 25 heavy (non-hydrogen) atoms. The van der Waals surface area contributed by atoms with Gasteiger partial charge in [0.05, 0.1) is 0 Å². The SMILES string of the molecule is CCCN1CCC(CNC(=NC)NCC(C)(C)c2cccs2)CC1.I. The van der Waals surface area contributed by atoms with Gasteiger partial charge in [-0.2, -0.15) is 0 Å². The zero-order valence-electron chi connectivity index (χ0n) is 16.2. The number of hydrogen-bond donors (Lipinski definition) is 2. The second-order valence-electron chi connectivity index (χ2n) is 7.45. The number of nitrogens with one attached hydrogen (secondary N) is 2. The first-order valence-electron chi connectivity index (χ1n) is 9.26. The highest BCUT2D eigenvalue weighted by atomic mass is 127. The van der Waals surface area contributed by atoms with E-state index < -0.39 is 0 Å². The summed E-state index contributed by atoms with van der Waals surface area (Å²) in [6.45, 7) is 12.5. The summed E-state index contributed by atoms with van der Waals surface area (Å²) in [5.41, 5.74) is 0.122. The third-order valence-electron chi connectivity index (χ3n) is 4.91. The molecule has 2 rings (SSSR count). The average molecular weight is 478 g/mol. The largest absolute Gasteiger partial charge is 0.356 e. The normalized spacial score (nSPS) is 17.2. The van der Waals surface area contributed by atoms with E-state index in [-0.39, 0.29) is 29.4 Å². The predicted molar refractivity (Wildman–Crippen MR) is 122 cm³/mol. The Kier molecular flexibility index (Phi) is 10.3. The molecule has 0 bridgehead atoms. The Morgan fingerprint density at radius 3 is 2.60 bits per heavy atom. The lowest BCUT2D eigenvalue weighted by Crippen LogP contribution is -2.46. The monoisotopic (exact) mass is 478 g/mol. The summed E-state index contributed by atoms with van der Waals surface area (Å²) in [4.78, 5) is 8.39. The average Bonchev–Trinajstić information content (AvgIpc) is 3.12. The van der Waals surface area contributed by atoms with E-state index in [4.69, 9.17) is 0 Å². The number of hydrogen-bond acceptors (Lipinski definition) is 3. The van der Waals surface area contributed by atoms with E-state index in [2.05, 4.69) is 58.8 Å². The molecule has 1 fully saturated rings. The zero-order valence-corrected chi connectivity index (χ0v) is 19.3. The molecular weight excluding hydrogens is 443 g/mol. The first kappa shape index (κ1) is 22.7. The number of guanidine groups is 1. The number of nitrogens with zero attached hydrogens (tertiary/aromatic N) is 2. The van der Waals surface area contributed by atoms with E-state index in [0.29, 0.717) is 0 Å². The van der Waals surface area contributed by atoms with Crippen molar-refractivity contribution in [3.8, 4) is 0 Å². The second-order valence-corrected chi connectivity index (χ2v) is 8.40. The van der Waals surface area contributed by atoms with Crippen molar-refractivity contribution in [1.82, 2.24) is 15.5 Å². The molecule has 1 aliphatic heterocycles. The van der Waals surface area contributed by atoms with Crippen molar-refractivity contribution in [2.75, 3.05) is 39.8 Å². The number of likely N-dealkylation sites (tertiary alicyclic amines) is 1. The topological polar surface area (TPSA) is 39.7 Å². The van der Waals surface area contributed by atoms with Crippen molar-refractivity contribution < 1.29 is 0 Å². The van der Waals surface area contributed by atoms with Crippen molar-refractivity contribution in [3.05, 3.63) is 22.4 Å². The van der Waals surface area contributed by atoms with Gasteiger partial charge in [-0.3, -0.25) is 4.99 Å². The van der Waals surface area contributed by atoms with Crippen molar-refractivity contribution in [3.63, 3.8) is 0 Å². The molecule has 1 saturated heterocycles. The van der Waals surface area contributed by atoms with E-state index in [0.717, 1.165) is 25.0 Å². The van der Waals surface area contributed by atoms with Crippen molar-refractivity contribution in [2.24, 2.45) is 10.9 Å². The van der Waals surface area contributed by atoms with E-state index in [1.165, 1.54) is 43.8 Å². The lowest BCUT2D eigenvalue weighted by atomic mass is 9.91. The van der Waals surface area contributed by atoms with Gasteiger partial charge in [-0.05, 0) is 56.3 Å². The summed E-state index contributed by atoms with van der Waals surface area (Å²) in [6.07, 6.45) is 3.86. The molecule has 1 aromatic heterocycles. The van der Waals surface area contributed by atoms with Gasteiger partial charge in [-0.1, -0.05) is 26.8 Å². The lowest BCUT2D eigenvalue weighted by Gasteiger charge is -2.32. The van der Waals surface area contributed by atoms with Gasteiger partial charge in [0.2, 0.25) is 0 Å². The molecule has 2 N–H and O–H groups in total. The molecule has 1 aromatic rings. The Balaban J connectivity index is 0.00000312. The van der Waals surface area contributed by atoms with Crippen molar-refractivity contribution in [2.45, 2.75) is 45.4 Å². The molecule has 0 aromatic carbocycles. The van der Waals surface area contributed by atoms with Gasteiger partial charge in [0.1, 0.15) is 0 Å². The number of aliphatic imine (C=N–C) groups is 1. The highest BCUT2D eigenvalue weighted by molar-refractivity contribution is 14.0. The third-order valence-corrected chi connectivity index (χ3v) is 6.15. The predicted octanol–water partition coefficient (Wildman–Crippen LogP) is 3.93. The van der Waals surface area contributed by atoms with E-state index >= 15 is 0 Å². The smallest absolute Gasteiger partial charge is 0.191 e. The molecule has 2 heterocycles. The highest BCUT2D eigenvalue weighted by Gasteiger charge is 2.22. The quantitative estimate of drug-likeness (QED) is 0.355. The van der Waals surface area contributed by atoms with Crippen molar-refractivity contribution in [1.29, 1.82) is 0 Å². The minimum atomic E-state index is 0. The first-order chi connectivity index (χ1) is 11.5. The lowest BCUT2D eigenvalue weighted by molar-refractivity contribution is 0.185. The summed E-state index contributed by atoms with van der Waals surface area (Å²) >= 11 is 1.82. The summed E-state index contributed by atoms with van der Waals surface area (Å²) in [5, 5.41) is 9.18. The van der Waals surface area contributed by atoms with Crippen LogP contribution in [-0.2, 0) is 5.41 Å². The molecule has 0 atom stereocenters. The molecule has 0 spiro atoms. The summed E-state index contributed by atoms with van der Waals surface area (Å²) in [6, 6.07) is 4.34. The maximum atomic E-state index is 4.39. The van der Waals surface area contributed by atoms with Crippen LogP contribution in [0.1, 0.15) is 44.9 Å². The van der Waals surface area contributed by atoms with Crippen LogP contribution in [0.4, 0.5) is 0 Å². The molecule has 0 radical (unpaired) electrons. The van der Waals surface area contributed by atoms with Crippen LogP contribution in [0, 0.1) is 5.92 Å². The van der Waals surface area contributed by atoms with Crippen LogP contribution in [0.3, 0.4) is 0 Å². The Morgan fingerprint density at radius 2 is 2.04 bits per heavy atom. The molecule has 144 valence electrons. The standard InChI is InChI=1S/C19H34N4S.HI/c1-5-10-23-11-8-16(9-12-23)14-21-18(20-4)22-15-19(2,3)17-7-6-13-24-17;/h6-7,13,16H,5,8-12,14-15H2,1-4H3,(H2,20,21,22);1H. The molecular formula is C19H35IN4S. The molecule has 0 amide bonds. The van der Waals surface area contributed by atoms with Crippen LogP contribution in [0.25, 0.3) is 0 Å². The van der Waals surface area contributed by atoms with Crippen LogP contribution in [0.15, 0.2) is 22.5 Å². The van der Waals surface area contributed by atoms with Crippen LogP contribution >= 0.6 is 35.3 Å². The number of rotatable bonds is 7. The molecule has 0 unspecified atom stereocenters. The Bertz CT molecular complexity index is 494. The van der Waals surface area contributed by atoms with Gasteiger partial charge < -0.3 is 15.5 Å². The molecule has 0 aliphatic carbocycles. The maximum Gasteiger partial charge on any atom is 0.191 e. The van der Waals surface area contributed by atoms with E-state index in [1.54, 1.807) is 0 Å². The summed E-state index contributed by atoms with van der Waals surface area (Å²) in [5.74, 6) is 1.69. The molecule has 1 aliphatic rings. The highest BCUT2D eigenvalue weighted by Crippen LogP contribution is 2.26. The van der Waals surface area contributed by atoms with Gasteiger partial charge >= 0.3 is 0 Å². The van der Waals surface area contributed by atoms with Crippen molar-refractivity contribution >= 4 is 41.3 Å². The third kappa shape index (κ3) is 7.43. The molecule has 0 saturated carbocycles. The second kappa shape index (κ2) is 11.4. The molecule has 4 nitrogen and oxygen atoms in total. The Morgan fingerprint density at radius 1 is 1.32 bits per heavy atom. The Hall–Kier alpha value is -0.340.